The van der Waals surface area contributed by atoms with Crippen LogP contribution < -0.4 is 9.47 Å². The van der Waals surface area contributed by atoms with Crippen molar-refractivity contribution >= 4 is 11.7 Å². The summed E-state index contributed by atoms with van der Waals surface area (Å²) in [6.07, 6.45) is 5.96. The van der Waals surface area contributed by atoms with Crippen LogP contribution in [0.5, 0.6) is 11.5 Å². The lowest BCUT2D eigenvalue weighted by atomic mass is 10.0. The highest BCUT2D eigenvalue weighted by atomic mass is 16.7. The number of benzene rings is 2. The summed E-state index contributed by atoms with van der Waals surface area (Å²) >= 11 is 0. The molecule has 7 heteroatoms. The van der Waals surface area contributed by atoms with Crippen LogP contribution in [0.25, 0.3) is 4.85 Å². The maximum atomic E-state index is 12.3. The van der Waals surface area contributed by atoms with E-state index >= 15 is 0 Å². The van der Waals surface area contributed by atoms with Gasteiger partial charge in [0.05, 0.1) is 32.5 Å². The zero-order valence-corrected chi connectivity index (χ0v) is 21.4. The molecule has 3 rings (SSSR count). The number of ether oxygens (including phenoxy) is 4. The van der Waals surface area contributed by atoms with Crippen molar-refractivity contribution in [1.29, 1.82) is 5.26 Å². The quantitative estimate of drug-likeness (QED) is 0.122. The molecule has 192 valence electrons. The van der Waals surface area contributed by atoms with Gasteiger partial charge in [0.15, 0.2) is 6.29 Å². The Morgan fingerprint density at radius 1 is 1.05 bits per heavy atom. The Balaban J connectivity index is 1.60. The highest BCUT2D eigenvalue weighted by Gasteiger charge is 2.23. The number of unbranched alkanes of at least 4 members (excludes halogenated alkanes) is 3. The number of nitrogens with zero attached hydrogens (tertiary/aromatic N) is 2. The smallest absolute Gasteiger partial charge is 0.388 e. The van der Waals surface area contributed by atoms with Gasteiger partial charge in [0.25, 0.3) is 0 Å². The normalized spacial score (nSPS) is 16.5. The van der Waals surface area contributed by atoms with E-state index < -0.39 is 12.3 Å². The molecule has 2 aromatic carbocycles. The van der Waals surface area contributed by atoms with Crippen molar-refractivity contribution in [2.24, 2.45) is 5.92 Å². The molecule has 0 radical (unpaired) electrons. The summed E-state index contributed by atoms with van der Waals surface area (Å²) in [5.74, 6) is 5.10. The summed E-state index contributed by atoms with van der Waals surface area (Å²) < 4.78 is 22.7. The molecule has 1 fully saturated rings. The number of hydrogen-bond acceptors (Lipinski definition) is 6. The molecule has 1 aliphatic heterocycles. The van der Waals surface area contributed by atoms with Crippen molar-refractivity contribution < 1.29 is 23.7 Å². The second kappa shape index (κ2) is 14.7. The maximum absolute atomic E-state index is 12.3. The van der Waals surface area contributed by atoms with Crippen LogP contribution in [-0.2, 0) is 14.3 Å². The molecule has 0 bridgehead atoms. The SMILES string of the molecule is [C-]#[N+]c1c(OC(=O)C#Cc2ccc(C3OCC(CCCC)CO3)cc2)ccc(OCCCCC)c1C#N. The van der Waals surface area contributed by atoms with Crippen LogP contribution in [0.15, 0.2) is 36.4 Å². The monoisotopic (exact) mass is 500 g/mol. The Kier molecular flexibility index (Phi) is 11.0. The fourth-order valence-electron chi connectivity index (χ4n) is 3.88. The van der Waals surface area contributed by atoms with Crippen molar-refractivity contribution in [3.8, 4) is 29.4 Å². The molecule has 0 N–H and O–H groups in total. The third-order valence-electron chi connectivity index (χ3n) is 5.96. The van der Waals surface area contributed by atoms with E-state index in [1.165, 1.54) is 18.6 Å². The van der Waals surface area contributed by atoms with Crippen molar-refractivity contribution in [3.05, 3.63) is 64.5 Å². The summed E-state index contributed by atoms with van der Waals surface area (Å²) in [7, 11) is 0. The predicted octanol–water partition coefficient (Wildman–Crippen LogP) is 6.49. The van der Waals surface area contributed by atoms with Gasteiger partial charge in [0.1, 0.15) is 17.1 Å². The molecule has 0 saturated carbocycles. The van der Waals surface area contributed by atoms with Crippen molar-refractivity contribution in [2.45, 2.75) is 58.7 Å². The first-order valence-electron chi connectivity index (χ1n) is 12.7. The lowest BCUT2D eigenvalue weighted by Gasteiger charge is -2.29. The molecule has 1 aliphatic rings. The lowest BCUT2D eigenvalue weighted by Crippen LogP contribution is -2.27. The number of hydrogen-bond donors (Lipinski definition) is 0. The Morgan fingerprint density at radius 2 is 1.76 bits per heavy atom. The van der Waals surface area contributed by atoms with Gasteiger partial charge in [-0.05, 0) is 37.1 Å². The molecule has 2 aromatic rings. The molecule has 1 heterocycles. The summed E-state index contributed by atoms with van der Waals surface area (Å²) in [6, 6.07) is 12.3. The maximum Gasteiger partial charge on any atom is 0.388 e. The van der Waals surface area contributed by atoms with Gasteiger partial charge in [-0.1, -0.05) is 57.6 Å². The first kappa shape index (κ1) is 27.8. The minimum absolute atomic E-state index is 0.0223. The molecule has 0 atom stereocenters. The van der Waals surface area contributed by atoms with Gasteiger partial charge >= 0.3 is 5.97 Å². The molecule has 7 nitrogen and oxygen atoms in total. The standard InChI is InChI=1S/C30H32N2O5/c1-4-6-8-18-34-26-15-16-27(29(32-3)25(26)19-31)37-28(33)17-12-22-10-13-24(14-11-22)30-35-20-23(21-36-30)9-7-5-2/h10-11,13-16,23,30H,4-9,18,20-21H2,1-2H3. The van der Waals surface area contributed by atoms with Gasteiger partial charge in [0, 0.05) is 23.0 Å². The predicted molar refractivity (Wildman–Crippen MR) is 139 cm³/mol. The minimum atomic E-state index is -0.827. The average Bonchev–Trinajstić information content (AvgIpc) is 2.94. The number of nitriles is 1. The Labute approximate surface area is 219 Å². The van der Waals surface area contributed by atoms with Gasteiger partial charge in [-0.2, -0.15) is 5.26 Å². The molecule has 0 amide bonds. The second-order valence-corrected chi connectivity index (χ2v) is 8.83. The molecular formula is C30H32N2O5. The van der Waals surface area contributed by atoms with Crippen LogP contribution in [0.3, 0.4) is 0 Å². The van der Waals surface area contributed by atoms with E-state index in [2.05, 4.69) is 30.5 Å². The molecule has 37 heavy (non-hydrogen) atoms. The Hall–Kier alpha value is -3.83. The van der Waals surface area contributed by atoms with Gasteiger partial charge in [-0.3, -0.25) is 0 Å². The third-order valence-corrected chi connectivity index (χ3v) is 5.96. The van der Waals surface area contributed by atoms with Crippen LogP contribution in [0.1, 0.15) is 75.4 Å². The van der Waals surface area contributed by atoms with Gasteiger partial charge in [-0.25, -0.2) is 9.64 Å². The highest BCUT2D eigenvalue weighted by molar-refractivity contribution is 5.92. The summed E-state index contributed by atoms with van der Waals surface area (Å²) in [6.45, 7) is 13.5. The molecule has 0 aromatic heterocycles. The van der Waals surface area contributed by atoms with Gasteiger partial charge in [-0.15, -0.1) is 0 Å². The van der Waals surface area contributed by atoms with Crippen molar-refractivity contribution in [3.63, 3.8) is 0 Å². The zero-order chi connectivity index (χ0) is 26.5. The summed E-state index contributed by atoms with van der Waals surface area (Å²) in [4.78, 5) is 15.7. The minimum Gasteiger partial charge on any atom is -0.494 e. The summed E-state index contributed by atoms with van der Waals surface area (Å²) in [5.41, 5.74) is 1.49. The first-order chi connectivity index (χ1) is 18.1. The molecular weight excluding hydrogens is 468 g/mol. The topological polar surface area (TPSA) is 82.1 Å². The number of carbonyl (C=O) groups excluding carboxylic acids is 1. The van der Waals surface area contributed by atoms with E-state index in [-0.39, 0.29) is 17.0 Å². The molecule has 0 aliphatic carbocycles. The van der Waals surface area contributed by atoms with E-state index in [4.69, 9.17) is 25.5 Å². The Morgan fingerprint density at radius 3 is 2.41 bits per heavy atom. The van der Waals surface area contributed by atoms with Gasteiger partial charge < -0.3 is 18.9 Å². The van der Waals surface area contributed by atoms with Gasteiger partial charge in [0.2, 0.25) is 5.69 Å². The van der Waals surface area contributed by atoms with E-state index in [9.17, 15) is 10.1 Å². The number of carbonyl (C=O) groups is 1. The number of esters is 1. The molecule has 1 saturated heterocycles. The number of rotatable bonds is 10. The zero-order valence-electron chi connectivity index (χ0n) is 21.4. The van der Waals surface area contributed by atoms with E-state index in [0.29, 0.717) is 37.1 Å². The lowest BCUT2D eigenvalue weighted by molar-refractivity contribution is -0.206. The largest absolute Gasteiger partial charge is 0.494 e. The van der Waals surface area contributed by atoms with E-state index in [1.54, 1.807) is 12.1 Å². The van der Waals surface area contributed by atoms with Crippen LogP contribution in [0, 0.1) is 35.7 Å². The van der Waals surface area contributed by atoms with Crippen LogP contribution in [0.2, 0.25) is 0 Å². The third kappa shape index (κ3) is 8.09. The average molecular weight is 501 g/mol. The summed E-state index contributed by atoms with van der Waals surface area (Å²) in [5, 5.41) is 9.55. The van der Waals surface area contributed by atoms with E-state index in [1.807, 2.05) is 18.2 Å². The van der Waals surface area contributed by atoms with Crippen molar-refractivity contribution in [2.75, 3.05) is 19.8 Å². The van der Waals surface area contributed by atoms with Crippen molar-refractivity contribution in [1.82, 2.24) is 0 Å². The fourth-order valence-corrected chi connectivity index (χ4v) is 3.88. The highest BCUT2D eigenvalue weighted by Crippen LogP contribution is 2.37. The van der Waals surface area contributed by atoms with Crippen LogP contribution in [0.4, 0.5) is 5.69 Å². The van der Waals surface area contributed by atoms with Crippen LogP contribution >= 0.6 is 0 Å². The molecule has 0 spiro atoms. The second-order valence-electron chi connectivity index (χ2n) is 8.83. The van der Waals surface area contributed by atoms with Crippen LogP contribution in [-0.4, -0.2) is 25.8 Å². The Bertz CT molecular complexity index is 1190. The first-order valence-corrected chi connectivity index (χ1v) is 12.7. The molecule has 0 unspecified atom stereocenters. The fraction of sp³-hybridized carbons (Fsp3) is 0.433. The van der Waals surface area contributed by atoms with E-state index in [0.717, 1.165) is 37.7 Å².